The molecule has 0 spiro atoms. The van der Waals surface area contributed by atoms with Crippen LogP contribution in [0.5, 0.6) is 0 Å². The first-order valence-electron chi connectivity index (χ1n) is 7.05. The molecule has 2 rings (SSSR count). The van der Waals surface area contributed by atoms with Crippen molar-refractivity contribution in [1.29, 1.82) is 0 Å². The summed E-state index contributed by atoms with van der Waals surface area (Å²) in [6.07, 6.45) is 0. The lowest BCUT2D eigenvalue weighted by Gasteiger charge is -2.16. The van der Waals surface area contributed by atoms with Gasteiger partial charge in [-0.2, -0.15) is 0 Å². The van der Waals surface area contributed by atoms with Gasteiger partial charge in [0.1, 0.15) is 0 Å². The van der Waals surface area contributed by atoms with Crippen molar-refractivity contribution in [2.75, 3.05) is 13.2 Å². The van der Waals surface area contributed by atoms with Crippen LogP contribution in [0.2, 0.25) is 0 Å². The third-order valence-corrected chi connectivity index (χ3v) is 5.75. The quantitative estimate of drug-likeness (QED) is 0.632. The standard InChI is InChI=1S/C16H18BrO4P/c1-4-20-22(19,21-5-2)16(18)14-9-13-8-11(3)6-7-12(13)10-15(14)17/h6-10H,4-5H2,1-3H3. The maximum absolute atomic E-state index is 12.7. The lowest BCUT2D eigenvalue weighted by atomic mass is 10.1. The van der Waals surface area contributed by atoms with Crippen molar-refractivity contribution in [1.82, 2.24) is 0 Å². The number of benzene rings is 2. The molecule has 0 aliphatic carbocycles. The minimum atomic E-state index is -3.82. The Balaban J connectivity index is 2.54. The third-order valence-electron chi connectivity index (χ3n) is 3.16. The smallest absolute Gasteiger partial charge is 0.303 e. The summed E-state index contributed by atoms with van der Waals surface area (Å²) in [5.41, 5.74) is 0.779. The van der Waals surface area contributed by atoms with E-state index in [1.165, 1.54) is 0 Å². The van der Waals surface area contributed by atoms with Gasteiger partial charge in [-0.1, -0.05) is 39.7 Å². The monoisotopic (exact) mass is 384 g/mol. The first-order chi connectivity index (χ1) is 10.4. The Hall–Kier alpha value is -1.00. The van der Waals surface area contributed by atoms with Crippen LogP contribution >= 0.6 is 23.5 Å². The average molecular weight is 385 g/mol. The zero-order valence-corrected chi connectivity index (χ0v) is 15.2. The average Bonchev–Trinajstić information content (AvgIpc) is 2.47. The predicted molar refractivity (Wildman–Crippen MR) is 91.6 cm³/mol. The molecule has 6 heteroatoms. The number of hydrogen-bond acceptors (Lipinski definition) is 4. The van der Waals surface area contributed by atoms with Crippen LogP contribution in [0.25, 0.3) is 10.8 Å². The maximum atomic E-state index is 12.7. The molecule has 0 aliphatic heterocycles. The minimum absolute atomic E-state index is 0.146. The molecular formula is C16H18BrO4P. The van der Waals surface area contributed by atoms with E-state index in [2.05, 4.69) is 15.9 Å². The topological polar surface area (TPSA) is 52.6 Å². The van der Waals surface area contributed by atoms with E-state index in [9.17, 15) is 9.36 Å². The molecular weight excluding hydrogens is 367 g/mol. The van der Waals surface area contributed by atoms with Gasteiger partial charge in [0, 0.05) is 10.0 Å². The molecule has 2 aromatic rings. The highest BCUT2D eigenvalue weighted by Gasteiger charge is 2.36. The molecule has 0 aliphatic rings. The van der Waals surface area contributed by atoms with Gasteiger partial charge in [-0.25, -0.2) is 0 Å². The molecule has 2 aromatic carbocycles. The summed E-state index contributed by atoms with van der Waals surface area (Å²) in [6.45, 7) is 5.63. The Bertz CT molecular complexity index is 747. The van der Waals surface area contributed by atoms with Gasteiger partial charge in [0.25, 0.3) is 5.52 Å². The zero-order chi connectivity index (χ0) is 16.3. The van der Waals surface area contributed by atoms with Crippen LogP contribution in [0.15, 0.2) is 34.8 Å². The van der Waals surface area contributed by atoms with E-state index in [4.69, 9.17) is 9.05 Å². The van der Waals surface area contributed by atoms with Gasteiger partial charge in [0.2, 0.25) is 0 Å². The SMILES string of the molecule is CCOP(=O)(OCC)C(=O)c1cc2cc(C)ccc2cc1Br. The molecule has 0 N–H and O–H groups in total. The van der Waals surface area contributed by atoms with Gasteiger partial charge in [-0.3, -0.25) is 9.36 Å². The van der Waals surface area contributed by atoms with E-state index in [1.807, 2.05) is 31.2 Å². The number of halogens is 1. The van der Waals surface area contributed by atoms with Crippen LogP contribution < -0.4 is 0 Å². The van der Waals surface area contributed by atoms with E-state index in [-0.39, 0.29) is 13.2 Å². The molecule has 0 atom stereocenters. The van der Waals surface area contributed by atoms with Gasteiger partial charge < -0.3 is 9.05 Å². The van der Waals surface area contributed by atoms with Gasteiger partial charge in [-0.15, -0.1) is 0 Å². The molecule has 118 valence electrons. The van der Waals surface area contributed by atoms with Gasteiger partial charge >= 0.3 is 7.60 Å². The Morgan fingerprint density at radius 3 is 2.32 bits per heavy atom. The lowest BCUT2D eigenvalue weighted by Crippen LogP contribution is -2.08. The molecule has 22 heavy (non-hydrogen) atoms. The summed E-state index contributed by atoms with van der Waals surface area (Å²) in [7, 11) is -3.82. The Morgan fingerprint density at radius 2 is 1.73 bits per heavy atom. The predicted octanol–water partition coefficient (Wildman–Crippen LogP) is 5.32. The van der Waals surface area contributed by atoms with E-state index in [1.54, 1.807) is 19.9 Å². The first-order valence-corrected chi connectivity index (χ1v) is 9.38. The fourth-order valence-electron chi connectivity index (χ4n) is 2.20. The van der Waals surface area contributed by atoms with Crippen LogP contribution in [0, 0.1) is 6.92 Å². The molecule has 0 saturated heterocycles. The molecule has 0 bridgehead atoms. The second-order valence-corrected chi connectivity index (χ2v) is 7.59. The first kappa shape index (κ1) is 17.4. The van der Waals surface area contributed by atoms with Crippen molar-refractivity contribution in [3.63, 3.8) is 0 Å². The molecule has 0 unspecified atom stereocenters. The summed E-state index contributed by atoms with van der Waals surface area (Å²) in [4.78, 5) is 12.7. The molecule has 0 aromatic heterocycles. The van der Waals surface area contributed by atoms with Gasteiger partial charge in [0.15, 0.2) is 0 Å². The zero-order valence-electron chi connectivity index (χ0n) is 12.8. The number of carbonyl (C=O) groups is 1. The summed E-state index contributed by atoms with van der Waals surface area (Å²) in [5.74, 6) is 0. The molecule has 0 fully saturated rings. The van der Waals surface area contributed by atoms with Crippen LogP contribution in [0.1, 0.15) is 29.8 Å². The van der Waals surface area contributed by atoms with Crippen molar-refractivity contribution < 1.29 is 18.4 Å². The fraction of sp³-hybridized carbons (Fsp3) is 0.312. The fourth-order valence-corrected chi connectivity index (χ4v) is 4.36. The number of hydrogen-bond donors (Lipinski definition) is 0. The number of fused-ring (bicyclic) bond motifs is 1. The van der Waals surface area contributed by atoms with Crippen molar-refractivity contribution in [2.24, 2.45) is 0 Å². The van der Waals surface area contributed by atoms with Gasteiger partial charge in [-0.05, 0) is 43.7 Å². The third kappa shape index (κ3) is 3.49. The minimum Gasteiger partial charge on any atom is -0.303 e. The largest absolute Gasteiger partial charge is 0.401 e. The second kappa shape index (κ2) is 7.05. The van der Waals surface area contributed by atoms with Gasteiger partial charge in [0.05, 0.1) is 13.2 Å². The molecule has 0 amide bonds. The lowest BCUT2D eigenvalue weighted by molar-refractivity contribution is 0.100. The number of aryl methyl sites for hydroxylation is 1. The normalized spacial score (nSPS) is 11.8. The van der Waals surface area contributed by atoms with E-state index >= 15 is 0 Å². The second-order valence-electron chi connectivity index (χ2n) is 4.82. The van der Waals surface area contributed by atoms with Crippen molar-refractivity contribution in [3.8, 4) is 0 Å². The van der Waals surface area contributed by atoms with Crippen molar-refractivity contribution in [3.05, 3.63) is 45.9 Å². The summed E-state index contributed by atoms with van der Waals surface area (Å²) >= 11 is 3.38. The Morgan fingerprint density at radius 1 is 1.09 bits per heavy atom. The van der Waals surface area contributed by atoms with Crippen LogP contribution in [0.4, 0.5) is 0 Å². The van der Waals surface area contributed by atoms with Crippen LogP contribution in [-0.4, -0.2) is 18.7 Å². The summed E-state index contributed by atoms with van der Waals surface area (Å²) < 4.78 is 23.5. The van der Waals surface area contributed by atoms with E-state index in [0.717, 1.165) is 16.3 Å². The van der Waals surface area contributed by atoms with E-state index in [0.29, 0.717) is 10.0 Å². The Labute approximate surface area is 138 Å². The number of rotatable bonds is 6. The van der Waals surface area contributed by atoms with Crippen molar-refractivity contribution in [2.45, 2.75) is 20.8 Å². The Kier molecular flexibility index (Phi) is 5.56. The maximum Gasteiger partial charge on any atom is 0.401 e. The summed E-state index contributed by atoms with van der Waals surface area (Å²) in [5, 5.41) is 1.91. The molecule has 0 saturated carbocycles. The summed E-state index contributed by atoms with van der Waals surface area (Å²) in [6, 6.07) is 9.52. The number of carbonyl (C=O) groups excluding carboxylic acids is 1. The highest BCUT2D eigenvalue weighted by atomic mass is 79.9. The highest BCUT2D eigenvalue weighted by molar-refractivity contribution is 9.10. The molecule has 0 heterocycles. The van der Waals surface area contributed by atoms with Crippen molar-refractivity contribution >= 4 is 39.8 Å². The molecule has 0 radical (unpaired) electrons. The van der Waals surface area contributed by atoms with Crippen LogP contribution in [-0.2, 0) is 13.6 Å². The highest BCUT2D eigenvalue weighted by Crippen LogP contribution is 2.52. The van der Waals surface area contributed by atoms with Crippen LogP contribution in [0.3, 0.4) is 0 Å². The van der Waals surface area contributed by atoms with E-state index < -0.39 is 13.1 Å². The molecule has 4 nitrogen and oxygen atoms in total.